The van der Waals surface area contributed by atoms with E-state index in [9.17, 15) is 18.3 Å². The Morgan fingerprint density at radius 3 is 2.14 bits per heavy atom. The van der Waals surface area contributed by atoms with Gasteiger partial charge in [-0.25, -0.2) is 4.39 Å². The van der Waals surface area contributed by atoms with Crippen molar-refractivity contribution in [1.29, 1.82) is 0 Å². The normalized spacial score (nSPS) is 11.9. The highest BCUT2D eigenvalue weighted by Crippen LogP contribution is 2.31. The van der Waals surface area contributed by atoms with Gasteiger partial charge in [-0.05, 0) is 13.8 Å². The number of nitrogens with zero attached hydrogens (tertiary/aromatic N) is 1. The molecule has 14 heavy (non-hydrogen) atoms. The van der Waals surface area contributed by atoms with Crippen molar-refractivity contribution >= 4 is 11.6 Å². The summed E-state index contributed by atoms with van der Waals surface area (Å²) in [5.41, 5.74) is -2.41. The molecule has 0 fully saturated rings. The fourth-order valence-corrected chi connectivity index (χ4v) is 1.38. The lowest BCUT2D eigenvalue weighted by molar-refractivity contribution is 0.0728. The number of aromatic nitrogens is 1. The van der Waals surface area contributed by atoms with Crippen molar-refractivity contribution in [2.45, 2.75) is 19.4 Å². The van der Waals surface area contributed by atoms with E-state index in [1.165, 1.54) is 0 Å². The maximum absolute atomic E-state index is 13.1. The summed E-state index contributed by atoms with van der Waals surface area (Å²) in [5.74, 6) is -4.41. The van der Waals surface area contributed by atoms with Crippen LogP contribution in [0.1, 0.15) is 19.4 Å². The molecule has 1 N–H and O–H groups in total. The summed E-state index contributed by atoms with van der Waals surface area (Å²) in [5, 5.41) is 8.70. The molecule has 0 bridgehead atoms. The lowest BCUT2D eigenvalue weighted by Gasteiger charge is -2.19. The summed E-state index contributed by atoms with van der Waals surface area (Å²) in [4.78, 5) is 2.60. The molecule has 2 nitrogen and oxygen atoms in total. The first-order valence-electron chi connectivity index (χ1n) is 3.68. The fourth-order valence-electron chi connectivity index (χ4n) is 1.02. The second-order valence-corrected chi connectivity index (χ2v) is 3.63. The molecule has 1 aromatic heterocycles. The second-order valence-electron chi connectivity index (χ2n) is 3.26. The Labute approximate surface area is 83.3 Å². The van der Waals surface area contributed by atoms with Gasteiger partial charge in [-0.15, -0.1) is 0 Å². The molecule has 0 radical (unpaired) electrons. The van der Waals surface area contributed by atoms with E-state index in [1.807, 2.05) is 0 Å². The van der Waals surface area contributed by atoms with Crippen molar-refractivity contribution in [3.05, 3.63) is 28.3 Å². The first-order valence-corrected chi connectivity index (χ1v) is 4.05. The molecule has 0 spiro atoms. The molecule has 0 aliphatic carbocycles. The summed E-state index contributed by atoms with van der Waals surface area (Å²) in [6.07, 6.45) is 0. The van der Waals surface area contributed by atoms with E-state index in [-0.39, 0.29) is 0 Å². The molecule has 1 heterocycles. The number of hydrogen-bond donors (Lipinski definition) is 1. The quantitative estimate of drug-likeness (QED) is 0.745. The zero-order valence-electron chi connectivity index (χ0n) is 7.41. The third kappa shape index (κ3) is 1.83. The number of halogens is 4. The highest BCUT2D eigenvalue weighted by atomic mass is 35.5. The average Bonchev–Trinajstić information content (AvgIpc) is 1.98. The van der Waals surface area contributed by atoms with E-state index in [0.717, 1.165) is 13.8 Å². The molecular formula is C8H7ClF3NO. The van der Waals surface area contributed by atoms with Crippen LogP contribution < -0.4 is 0 Å². The number of pyridine rings is 1. The highest BCUT2D eigenvalue weighted by Gasteiger charge is 2.29. The fraction of sp³-hybridized carbons (Fsp3) is 0.375. The topological polar surface area (TPSA) is 33.1 Å². The number of hydrogen-bond acceptors (Lipinski definition) is 2. The maximum atomic E-state index is 13.1. The monoisotopic (exact) mass is 225 g/mol. The molecule has 0 aliphatic heterocycles. The lowest BCUT2D eigenvalue weighted by Crippen LogP contribution is -2.20. The number of aliphatic hydroxyl groups is 1. The zero-order chi connectivity index (χ0) is 11.1. The zero-order valence-corrected chi connectivity index (χ0v) is 8.16. The van der Waals surface area contributed by atoms with Gasteiger partial charge in [0.1, 0.15) is 5.02 Å². The van der Waals surface area contributed by atoms with Crippen molar-refractivity contribution in [3.63, 3.8) is 0 Å². The van der Waals surface area contributed by atoms with Crippen molar-refractivity contribution in [3.8, 4) is 0 Å². The third-order valence-corrected chi connectivity index (χ3v) is 1.95. The van der Waals surface area contributed by atoms with Crippen molar-refractivity contribution < 1.29 is 18.3 Å². The molecule has 0 saturated heterocycles. The Balaban J connectivity index is 3.56. The van der Waals surface area contributed by atoms with Crippen LogP contribution in [0.5, 0.6) is 0 Å². The van der Waals surface area contributed by atoms with E-state index >= 15 is 0 Å². The van der Waals surface area contributed by atoms with Crippen LogP contribution in [-0.2, 0) is 5.60 Å². The van der Waals surface area contributed by atoms with Crippen molar-refractivity contribution in [2.24, 2.45) is 0 Å². The first-order chi connectivity index (χ1) is 6.25. The molecule has 78 valence electrons. The summed E-state index contributed by atoms with van der Waals surface area (Å²) < 4.78 is 38.5. The molecule has 0 atom stereocenters. The predicted octanol–water partition coefficient (Wildman–Crippen LogP) is 2.38. The Bertz CT molecular complexity index is 350. The van der Waals surface area contributed by atoms with Gasteiger partial charge in [0, 0.05) is 5.56 Å². The summed E-state index contributed by atoms with van der Waals surface area (Å²) in [6, 6.07) is 0. The minimum absolute atomic E-state index is 0.635. The minimum Gasteiger partial charge on any atom is -0.386 e. The van der Waals surface area contributed by atoms with Crippen LogP contribution in [0.2, 0.25) is 5.02 Å². The van der Waals surface area contributed by atoms with Gasteiger partial charge < -0.3 is 5.11 Å². The van der Waals surface area contributed by atoms with E-state index in [0.29, 0.717) is 0 Å². The lowest BCUT2D eigenvalue weighted by atomic mass is 9.99. The molecule has 0 unspecified atom stereocenters. The number of rotatable bonds is 1. The van der Waals surface area contributed by atoms with Gasteiger partial charge >= 0.3 is 0 Å². The van der Waals surface area contributed by atoms with Crippen LogP contribution in [0.3, 0.4) is 0 Å². The Morgan fingerprint density at radius 2 is 1.71 bits per heavy atom. The smallest absolute Gasteiger partial charge is 0.252 e. The second kappa shape index (κ2) is 3.40. The molecule has 0 aromatic carbocycles. The third-order valence-electron chi connectivity index (χ3n) is 1.61. The average molecular weight is 226 g/mol. The Morgan fingerprint density at radius 1 is 1.21 bits per heavy atom. The predicted molar refractivity (Wildman–Crippen MR) is 44.4 cm³/mol. The maximum Gasteiger partial charge on any atom is 0.252 e. The first kappa shape index (κ1) is 11.3. The van der Waals surface area contributed by atoms with Crippen LogP contribution in [0.15, 0.2) is 0 Å². The van der Waals surface area contributed by atoms with Gasteiger partial charge in [0.25, 0.3) is 5.95 Å². The molecule has 6 heteroatoms. The van der Waals surface area contributed by atoms with Gasteiger partial charge in [-0.2, -0.15) is 13.8 Å². The van der Waals surface area contributed by atoms with Gasteiger partial charge in [0.05, 0.1) is 5.60 Å². The summed E-state index contributed by atoms with van der Waals surface area (Å²) in [6.45, 7) is 2.33. The summed E-state index contributed by atoms with van der Waals surface area (Å²) >= 11 is 5.35. The Kier molecular flexibility index (Phi) is 2.74. The molecule has 0 amide bonds. The van der Waals surface area contributed by atoms with Gasteiger partial charge in [-0.1, -0.05) is 11.6 Å². The summed E-state index contributed by atoms with van der Waals surface area (Å²) in [7, 11) is 0. The van der Waals surface area contributed by atoms with E-state index in [1.54, 1.807) is 0 Å². The Hall–Kier alpha value is -0.810. The highest BCUT2D eigenvalue weighted by molar-refractivity contribution is 6.31. The van der Waals surface area contributed by atoms with Crippen molar-refractivity contribution in [2.75, 3.05) is 0 Å². The van der Waals surface area contributed by atoms with E-state index in [2.05, 4.69) is 4.98 Å². The molecular weight excluding hydrogens is 219 g/mol. The molecule has 0 saturated carbocycles. The van der Waals surface area contributed by atoms with Gasteiger partial charge in [0.2, 0.25) is 5.95 Å². The van der Waals surface area contributed by atoms with Crippen LogP contribution in [0, 0.1) is 17.7 Å². The largest absolute Gasteiger partial charge is 0.386 e. The standard InChI is InChI=1S/C8H7ClF3NO/c1-8(2,14)3-4(9)6(11)13-7(12)5(3)10/h14H,1-2H3. The van der Waals surface area contributed by atoms with E-state index in [4.69, 9.17) is 11.6 Å². The minimum atomic E-state index is -1.77. The van der Waals surface area contributed by atoms with Crippen molar-refractivity contribution in [1.82, 2.24) is 4.98 Å². The van der Waals surface area contributed by atoms with Crippen LogP contribution in [0.25, 0.3) is 0 Å². The van der Waals surface area contributed by atoms with Gasteiger partial charge in [-0.3, -0.25) is 0 Å². The SMILES string of the molecule is CC(C)(O)c1c(F)c(F)nc(F)c1Cl. The van der Waals surface area contributed by atoms with Gasteiger partial charge in [0.15, 0.2) is 5.82 Å². The van der Waals surface area contributed by atoms with Crippen LogP contribution in [0.4, 0.5) is 13.2 Å². The van der Waals surface area contributed by atoms with E-state index < -0.39 is 33.9 Å². The molecule has 1 aromatic rings. The molecule has 1 rings (SSSR count). The van der Waals surface area contributed by atoms with Crippen LogP contribution >= 0.6 is 11.6 Å². The van der Waals surface area contributed by atoms with Crippen LogP contribution in [-0.4, -0.2) is 10.1 Å². The molecule has 0 aliphatic rings.